The number of hydrogen-bond donors (Lipinski definition) is 1. The van der Waals surface area contributed by atoms with E-state index in [2.05, 4.69) is 6.07 Å². The molecule has 2 atom stereocenters. The molecule has 0 aromatic heterocycles. The number of nitrogens with zero attached hydrogens (tertiary/aromatic N) is 2. The number of likely N-dealkylation sites (N-methyl/N-ethyl adjacent to an activating group) is 1. The molecule has 1 unspecified atom stereocenters. The molecule has 0 bridgehead atoms. The van der Waals surface area contributed by atoms with E-state index in [0.717, 1.165) is 6.54 Å². The third-order valence-electron chi connectivity index (χ3n) is 1.38. The van der Waals surface area contributed by atoms with Crippen LogP contribution in [0.4, 0.5) is 0 Å². The molecule has 0 aromatic carbocycles. The molecule has 3 nitrogen and oxygen atoms in total. The van der Waals surface area contributed by atoms with Crippen LogP contribution in [0.5, 0.6) is 0 Å². The highest BCUT2D eigenvalue weighted by molar-refractivity contribution is 4.80. The van der Waals surface area contributed by atoms with Crippen LogP contribution >= 0.6 is 0 Å². The SMILES string of the molecule is CC(C#N)CN(C)C[C@@H](C)O. The van der Waals surface area contributed by atoms with Crippen molar-refractivity contribution in [3.05, 3.63) is 0 Å². The first kappa shape index (κ1) is 10.4. The first-order valence-corrected chi connectivity index (χ1v) is 3.82. The quantitative estimate of drug-likeness (QED) is 0.643. The van der Waals surface area contributed by atoms with Crippen molar-refractivity contribution in [1.82, 2.24) is 4.90 Å². The second kappa shape index (κ2) is 5.11. The highest BCUT2D eigenvalue weighted by atomic mass is 16.3. The topological polar surface area (TPSA) is 47.3 Å². The summed E-state index contributed by atoms with van der Waals surface area (Å²) in [5.74, 6) is 0.0405. The molecule has 0 aliphatic carbocycles. The molecule has 0 saturated carbocycles. The fourth-order valence-electron chi connectivity index (χ4n) is 1.03. The maximum Gasteiger partial charge on any atom is 0.0666 e. The number of aliphatic hydroxyl groups excluding tert-OH is 1. The number of rotatable bonds is 4. The number of nitriles is 1. The van der Waals surface area contributed by atoms with Gasteiger partial charge in [0.25, 0.3) is 0 Å². The molecule has 64 valence electrons. The van der Waals surface area contributed by atoms with E-state index >= 15 is 0 Å². The molecule has 0 amide bonds. The van der Waals surface area contributed by atoms with Crippen LogP contribution in [-0.2, 0) is 0 Å². The molecule has 1 N–H and O–H groups in total. The minimum atomic E-state index is -0.314. The molecule has 0 aromatic rings. The van der Waals surface area contributed by atoms with Gasteiger partial charge in [-0.3, -0.25) is 0 Å². The predicted molar refractivity (Wildman–Crippen MR) is 44.0 cm³/mol. The van der Waals surface area contributed by atoms with Gasteiger partial charge in [-0.1, -0.05) is 0 Å². The summed E-state index contributed by atoms with van der Waals surface area (Å²) in [4.78, 5) is 1.96. The van der Waals surface area contributed by atoms with Crippen molar-refractivity contribution >= 4 is 0 Å². The van der Waals surface area contributed by atoms with Crippen LogP contribution in [-0.4, -0.2) is 36.2 Å². The lowest BCUT2D eigenvalue weighted by atomic mass is 10.2. The van der Waals surface area contributed by atoms with Crippen molar-refractivity contribution in [2.24, 2.45) is 5.92 Å². The zero-order valence-electron chi connectivity index (χ0n) is 7.41. The Morgan fingerprint density at radius 2 is 2.00 bits per heavy atom. The standard InChI is InChI=1S/C8H16N2O/c1-7(4-9)5-10(3)6-8(2)11/h7-8,11H,5-6H2,1-3H3/t7?,8-/m1/s1. The van der Waals surface area contributed by atoms with Crippen LogP contribution in [0.1, 0.15) is 13.8 Å². The first-order valence-electron chi connectivity index (χ1n) is 3.82. The molecule has 0 fully saturated rings. The van der Waals surface area contributed by atoms with Crippen molar-refractivity contribution in [3.8, 4) is 6.07 Å². The van der Waals surface area contributed by atoms with Crippen molar-refractivity contribution in [2.75, 3.05) is 20.1 Å². The second-order valence-electron chi connectivity index (χ2n) is 3.10. The Labute approximate surface area is 68.2 Å². The highest BCUT2D eigenvalue weighted by Crippen LogP contribution is 1.96. The average molecular weight is 156 g/mol. The molecular weight excluding hydrogens is 140 g/mol. The van der Waals surface area contributed by atoms with E-state index in [-0.39, 0.29) is 12.0 Å². The number of hydrogen-bond acceptors (Lipinski definition) is 3. The summed E-state index contributed by atoms with van der Waals surface area (Å²) in [7, 11) is 1.90. The van der Waals surface area contributed by atoms with Crippen LogP contribution in [0, 0.1) is 17.2 Å². The minimum absolute atomic E-state index is 0.0405. The minimum Gasteiger partial charge on any atom is -0.392 e. The molecule has 0 radical (unpaired) electrons. The average Bonchev–Trinajstić information content (AvgIpc) is 1.85. The van der Waals surface area contributed by atoms with Gasteiger partial charge in [-0.2, -0.15) is 5.26 Å². The third-order valence-corrected chi connectivity index (χ3v) is 1.38. The van der Waals surface area contributed by atoms with Crippen molar-refractivity contribution in [1.29, 1.82) is 5.26 Å². The van der Waals surface area contributed by atoms with Gasteiger partial charge in [0.2, 0.25) is 0 Å². The lowest BCUT2D eigenvalue weighted by molar-refractivity contribution is 0.137. The lowest BCUT2D eigenvalue weighted by Crippen LogP contribution is -2.30. The van der Waals surface area contributed by atoms with Crippen LogP contribution in [0.3, 0.4) is 0 Å². The molecule has 0 saturated heterocycles. The van der Waals surface area contributed by atoms with Crippen molar-refractivity contribution in [3.63, 3.8) is 0 Å². The monoisotopic (exact) mass is 156 g/mol. The van der Waals surface area contributed by atoms with Crippen molar-refractivity contribution < 1.29 is 5.11 Å². The van der Waals surface area contributed by atoms with Crippen LogP contribution < -0.4 is 0 Å². The van der Waals surface area contributed by atoms with Gasteiger partial charge in [0.1, 0.15) is 0 Å². The van der Waals surface area contributed by atoms with Gasteiger partial charge < -0.3 is 10.0 Å². The largest absolute Gasteiger partial charge is 0.392 e. The first-order chi connectivity index (χ1) is 5.06. The fourth-order valence-corrected chi connectivity index (χ4v) is 1.03. The van der Waals surface area contributed by atoms with E-state index in [0.29, 0.717) is 6.54 Å². The Morgan fingerprint density at radius 1 is 1.45 bits per heavy atom. The normalized spacial score (nSPS) is 16.0. The summed E-state index contributed by atoms with van der Waals surface area (Å²) in [5, 5.41) is 17.5. The maximum absolute atomic E-state index is 8.98. The lowest BCUT2D eigenvalue weighted by Gasteiger charge is -2.18. The van der Waals surface area contributed by atoms with Crippen molar-refractivity contribution in [2.45, 2.75) is 20.0 Å². The zero-order valence-corrected chi connectivity index (χ0v) is 7.41. The second-order valence-corrected chi connectivity index (χ2v) is 3.10. The van der Waals surface area contributed by atoms with E-state index in [1.807, 2.05) is 18.9 Å². The Balaban J connectivity index is 3.53. The van der Waals surface area contributed by atoms with E-state index in [1.54, 1.807) is 6.92 Å². The molecular formula is C8H16N2O. The molecule has 0 aliphatic heterocycles. The Kier molecular flexibility index (Phi) is 4.84. The summed E-state index contributed by atoms with van der Waals surface area (Å²) in [6.07, 6.45) is -0.314. The van der Waals surface area contributed by atoms with Gasteiger partial charge >= 0.3 is 0 Å². The highest BCUT2D eigenvalue weighted by Gasteiger charge is 2.06. The zero-order chi connectivity index (χ0) is 8.85. The van der Waals surface area contributed by atoms with Gasteiger partial charge in [0.15, 0.2) is 0 Å². The van der Waals surface area contributed by atoms with Crippen LogP contribution in [0.15, 0.2) is 0 Å². The summed E-state index contributed by atoms with van der Waals surface area (Å²) in [6.45, 7) is 4.97. The van der Waals surface area contributed by atoms with Gasteiger partial charge in [0.05, 0.1) is 18.1 Å². The molecule has 0 heterocycles. The Hall–Kier alpha value is -0.590. The Bertz CT molecular complexity index is 140. The predicted octanol–water partition coefficient (Wildman–Crippen LogP) is 0.459. The van der Waals surface area contributed by atoms with E-state index in [4.69, 9.17) is 10.4 Å². The number of aliphatic hydroxyl groups is 1. The Morgan fingerprint density at radius 3 is 2.36 bits per heavy atom. The smallest absolute Gasteiger partial charge is 0.0666 e. The molecule has 11 heavy (non-hydrogen) atoms. The third kappa shape index (κ3) is 5.84. The molecule has 0 spiro atoms. The van der Waals surface area contributed by atoms with E-state index < -0.39 is 0 Å². The van der Waals surface area contributed by atoms with E-state index in [9.17, 15) is 0 Å². The van der Waals surface area contributed by atoms with Gasteiger partial charge in [0, 0.05) is 13.1 Å². The maximum atomic E-state index is 8.98. The molecule has 3 heteroatoms. The molecule has 0 rings (SSSR count). The fraction of sp³-hybridized carbons (Fsp3) is 0.875. The summed E-state index contributed by atoms with van der Waals surface area (Å²) in [5.41, 5.74) is 0. The van der Waals surface area contributed by atoms with Crippen LogP contribution in [0.25, 0.3) is 0 Å². The van der Waals surface area contributed by atoms with Gasteiger partial charge in [-0.15, -0.1) is 0 Å². The molecule has 0 aliphatic rings. The van der Waals surface area contributed by atoms with Crippen LogP contribution in [0.2, 0.25) is 0 Å². The summed E-state index contributed by atoms with van der Waals surface area (Å²) in [6, 6.07) is 2.15. The van der Waals surface area contributed by atoms with Gasteiger partial charge in [-0.05, 0) is 20.9 Å². The summed E-state index contributed by atoms with van der Waals surface area (Å²) >= 11 is 0. The van der Waals surface area contributed by atoms with Gasteiger partial charge in [-0.25, -0.2) is 0 Å². The van der Waals surface area contributed by atoms with E-state index in [1.165, 1.54) is 0 Å². The summed E-state index contributed by atoms with van der Waals surface area (Å²) < 4.78 is 0.